The molecule has 0 saturated heterocycles. The summed E-state index contributed by atoms with van der Waals surface area (Å²) in [6.07, 6.45) is 0. The molecule has 1 aromatic heterocycles. The van der Waals surface area contributed by atoms with E-state index in [0.717, 1.165) is 17.0 Å². The molecule has 0 bridgehead atoms. The van der Waals surface area contributed by atoms with Crippen molar-refractivity contribution < 1.29 is 9.53 Å². The zero-order valence-corrected chi connectivity index (χ0v) is 11.4. The fourth-order valence-electron chi connectivity index (χ4n) is 2.45. The molecule has 3 aromatic rings. The topological polar surface area (TPSA) is 38.3 Å². The number of thiophene rings is 1. The van der Waals surface area contributed by atoms with E-state index in [-0.39, 0.29) is 12.5 Å². The van der Waals surface area contributed by atoms with Crippen molar-refractivity contribution >= 4 is 33.0 Å². The normalized spacial score (nSPS) is 13.7. The zero-order valence-electron chi connectivity index (χ0n) is 10.6. The largest absolute Gasteiger partial charge is 0.482 e. The monoisotopic (exact) mass is 281 g/mol. The first kappa shape index (κ1) is 11.5. The average molecular weight is 281 g/mol. The van der Waals surface area contributed by atoms with E-state index < -0.39 is 0 Å². The third kappa shape index (κ3) is 1.77. The van der Waals surface area contributed by atoms with Gasteiger partial charge in [0.1, 0.15) is 5.75 Å². The van der Waals surface area contributed by atoms with Crippen molar-refractivity contribution in [3.63, 3.8) is 0 Å². The van der Waals surface area contributed by atoms with Crippen molar-refractivity contribution in [3.8, 4) is 16.9 Å². The Labute approximate surface area is 119 Å². The Morgan fingerprint density at radius 3 is 3.00 bits per heavy atom. The molecule has 20 heavy (non-hydrogen) atoms. The van der Waals surface area contributed by atoms with Crippen molar-refractivity contribution in [1.29, 1.82) is 0 Å². The molecule has 0 radical (unpaired) electrons. The lowest BCUT2D eigenvalue weighted by atomic mass is 10.0. The summed E-state index contributed by atoms with van der Waals surface area (Å²) in [5.74, 6) is 0.623. The highest BCUT2D eigenvalue weighted by atomic mass is 32.1. The van der Waals surface area contributed by atoms with E-state index in [4.69, 9.17) is 4.74 Å². The number of fused-ring (bicyclic) bond motifs is 2. The van der Waals surface area contributed by atoms with Crippen LogP contribution in [0.1, 0.15) is 0 Å². The molecule has 0 spiro atoms. The van der Waals surface area contributed by atoms with Gasteiger partial charge in [0.05, 0.1) is 5.69 Å². The van der Waals surface area contributed by atoms with Gasteiger partial charge >= 0.3 is 0 Å². The van der Waals surface area contributed by atoms with E-state index in [1.165, 1.54) is 15.6 Å². The molecule has 0 saturated carbocycles. The van der Waals surface area contributed by atoms with Gasteiger partial charge in [0, 0.05) is 15.6 Å². The summed E-state index contributed by atoms with van der Waals surface area (Å²) in [5, 5.41) is 6.24. The number of ether oxygens (including phenoxy) is 1. The summed E-state index contributed by atoms with van der Waals surface area (Å²) < 4.78 is 6.65. The second kappa shape index (κ2) is 4.35. The highest BCUT2D eigenvalue weighted by Gasteiger charge is 2.17. The molecular weight excluding hydrogens is 270 g/mol. The second-order valence-corrected chi connectivity index (χ2v) is 5.60. The van der Waals surface area contributed by atoms with Gasteiger partial charge in [-0.1, -0.05) is 24.3 Å². The fraction of sp³-hybridized carbons (Fsp3) is 0.0625. The summed E-state index contributed by atoms with van der Waals surface area (Å²) in [5.41, 5.74) is 3.02. The number of benzene rings is 2. The lowest BCUT2D eigenvalue weighted by molar-refractivity contribution is -0.118. The number of hydrogen-bond acceptors (Lipinski definition) is 3. The van der Waals surface area contributed by atoms with Crippen LogP contribution in [0.3, 0.4) is 0 Å². The maximum Gasteiger partial charge on any atom is 0.262 e. The minimum absolute atomic E-state index is 0.0910. The Kier molecular flexibility index (Phi) is 2.50. The minimum Gasteiger partial charge on any atom is -0.482 e. The molecule has 1 N–H and O–H groups in total. The molecule has 0 atom stereocenters. The summed E-state index contributed by atoms with van der Waals surface area (Å²) in [7, 11) is 0. The van der Waals surface area contributed by atoms with Gasteiger partial charge in [-0.15, -0.1) is 11.3 Å². The maximum atomic E-state index is 11.4. The van der Waals surface area contributed by atoms with Gasteiger partial charge in [-0.2, -0.15) is 0 Å². The number of hydrogen-bond donors (Lipinski definition) is 1. The predicted molar refractivity (Wildman–Crippen MR) is 81.4 cm³/mol. The average Bonchev–Trinajstić information content (AvgIpc) is 2.90. The molecule has 4 heteroatoms. The Bertz CT molecular complexity index is 822. The van der Waals surface area contributed by atoms with Crippen LogP contribution in [0.2, 0.25) is 0 Å². The van der Waals surface area contributed by atoms with Crippen LogP contribution in [-0.2, 0) is 4.79 Å². The standard InChI is InChI=1S/C16H11NO2S/c18-16-8-19-14-6-5-10(7-13(14)17-16)12-9-20-15-4-2-1-3-11(12)15/h1-7,9H,8H2,(H,17,18). The molecule has 1 aliphatic rings. The molecule has 0 fully saturated rings. The van der Waals surface area contributed by atoms with Gasteiger partial charge in [-0.05, 0) is 29.1 Å². The molecule has 3 nitrogen and oxygen atoms in total. The third-order valence-electron chi connectivity index (χ3n) is 3.40. The second-order valence-electron chi connectivity index (χ2n) is 4.69. The quantitative estimate of drug-likeness (QED) is 0.734. The smallest absolute Gasteiger partial charge is 0.262 e. The van der Waals surface area contributed by atoms with E-state index in [9.17, 15) is 4.79 Å². The van der Waals surface area contributed by atoms with E-state index >= 15 is 0 Å². The Balaban J connectivity index is 1.86. The van der Waals surface area contributed by atoms with Crippen LogP contribution in [0.4, 0.5) is 5.69 Å². The van der Waals surface area contributed by atoms with Crippen molar-refractivity contribution in [1.82, 2.24) is 0 Å². The first-order valence-electron chi connectivity index (χ1n) is 6.34. The number of carbonyl (C=O) groups excluding carboxylic acids is 1. The molecule has 1 aliphatic heterocycles. The predicted octanol–water partition coefficient (Wildman–Crippen LogP) is 3.90. The van der Waals surface area contributed by atoms with Gasteiger partial charge in [-0.3, -0.25) is 4.79 Å². The first-order chi connectivity index (χ1) is 9.81. The Hall–Kier alpha value is -2.33. The lowest BCUT2D eigenvalue weighted by Crippen LogP contribution is -2.25. The SMILES string of the molecule is O=C1COc2ccc(-c3csc4ccccc34)cc2N1. The van der Waals surface area contributed by atoms with E-state index in [0.29, 0.717) is 0 Å². The van der Waals surface area contributed by atoms with E-state index in [1.54, 1.807) is 11.3 Å². The number of amides is 1. The van der Waals surface area contributed by atoms with Crippen LogP contribution in [0, 0.1) is 0 Å². The lowest BCUT2D eigenvalue weighted by Gasteiger charge is -2.18. The van der Waals surface area contributed by atoms with Crippen molar-refractivity contribution in [2.45, 2.75) is 0 Å². The number of rotatable bonds is 1. The van der Waals surface area contributed by atoms with E-state index in [1.807, 2.05) is 30.3 Å². The van der Waals surface area contributed by atoms with Crippen LogP contribution < -0.4 is 10.1 Å². The summed E-state index contributed by atoms with van der Waals surface area (Å²) >= 11 is 1.73. The molecule has 2 aromatic carbocycles. The van der Waals surface area contributed by atoms with Crippen LogP contribution in [0.5, 0.6) is 5.75 Å². The highest BCUT2D eigenvalue weighted by molar-refractivity contribution is 7.17. The van der Waals surface area contributed by atoms with Gasteiger partial charge in [-0.25, -0.2) is 0 Å². The van der Waals surface area contributed by atoms with Gasteiger partial charge in [0.25, 0.3) is 5.91 Å². The minimum atomic E-state index is -0.107. The summed E-state index contributed by atoms with van der Waals surface area (Å²) in [4.78, 5) is 11.4. The fourth-order valence-corrected chi connectivity index (χ4v) is 3.42. The summed E-state index contributed by atoms with van der Waals surface area (Å²) in [6, 6.07) is 14.2. The van der Waals surface area contributed by atoms with Crippen LogP contribution in [0.25, 0.3) is 21.2 Å². The van der Waals surface area contributed by atoms with Crippen LogP contribution in [-0.4, -0.2) is 12.5 Å². The Morgan fingerprint density at radius 2 is 2.05 bits per heavy atom. The van der Waals surface area contributed by atoms with E-state index in [2.05, 4.69) is 22.8 Å². The van der Waals surface area contributed by atoms with Crippen molar-refractivity contribution in [2.75, 3.05) is 11.9 Å². The van der Waals surface area contributed by atoms with Gasteiger partial charge in [0.2, 0.25) is 0 Å². The summed E-state index contributed by atoms with van der Waals surface area (Å²) in [6.45, 7) is 0.0910. The highest BCUT2D eigenvalue weighted by Crippen LogP contribution is 2.37. The van der Waals surface area contributed by atoms with Crippen LogP contribution >= 0.6 is 11.3 Å². The maximum absolute atomic E-state index is 11.4. The first-order valence-corrected chi connectivity index (χ1v) is 7.22. The van der Waals surface area contributed by atoms with Gasteiger partial charge in [0.15, 0.2) is 6.61 Å². The van der Waals surface area contributed by atoms with Crippen molar-refractivity contribution in [2.24, 2.45) is 0 Å². The molecular formula is C16H11NO2S. The Morgan fingerprint density at radius 1 is 1.15 bits per heavy atom. The third-order valence-corrected chi connectivity index (χ3v) is 4.37. The zero-order chi connectivity index (χ0) is 13.5. The van der Waals surface area contributed by atoms with Crippen molar-refractivity contribution in [3.05, 3.63) is 47.8 Å². The molecule has 0 aliphatic carbocycles. The molecule has 4 rings (SSSR count). The van der Waals surface area contributed by atoms with Gasteiger partial charge < -0.3 is 10.1 Å². The number of carbonyl (C=O) groups is 1. The van der Waals surface area contributed by atoms with Crippen LogP contribution in [0.15, 0.2) is 47.8 Å². The number of anilines is 1. The number of nitrogens with one attached hydrogen (secondary N) is 1. The molecule has 0 unspecified atom stereocenters. The molecule has 2 heterocycles. The molecule has 98 valence electrons. The molecule has 1 amide bonds.